The lowest BCUT2D eigenvalue weighted by atomic mass is 10.1. The highest BCUT2D eigenvalue weighted by molar-refractivity contribution is 5.75. The van der Waals surface area contributed by atoms with Gasteiger partial charge < -0.3 is 9.47 Å². The fourth-order valence-corrected chi connectivity index (χ4v) is 2.89. The van der Waals surface area contributed by atoms with Gasteiger partial charge in [0.05, 0.1) is 12.8 Å². The van der Waals surface area contributed by atoms with Gasteiger partial charge in [0.25, 0.3) is 0 Å². The topological polar surface area (TPSA) is 60.5 Å². The minimum Gasteiger partial charge on any atom is -0.496 e. The van der Waals surface area contributed by atoms with Crippen molar-refractivity contribution in [2.24, 2.45) is 0 Å². The van der Waals surface area contributed by atoms with E-state index in [1.807, 2.05) is 44.2 Å². The molecular formula is C21H28N2O3. The van der Waals surface area contributed by atoms with Crippen LogP contribution >= 0.6 is 0 Å². The third-order valence-electron chi connectivity index (χ3n) is 4.35. The Hall–Kier alpha value is -2.40. The third-order valence-corrected chi connectivity index (χ3v) is 4.35. The molecule has 5 heteroatoms. The number of aryl methyl sites for hydroxylation is 1. The molecule has 2 aromatic rings. The second-order valence-electron chi connectivity index (χ2n) is 6.36. The van der Waals surface area contributed by atoms with Crippen molar-refractivity contribution in [1.82, 2.24) is 10.3 Å². The van der Waals surface area contributed by atoms with Crippen LogP contribution in [0.2, 0.25) is 0 Å². The van der Waals surface area contributed by atoms with Gasteiger partial charge in [-0.05, 0) is 25.8 Å². The van der Waals surface area contributed by atoms with Crippen LogP contribution in [-0.4, -0.2) is 24.1 Å². The molecule has 1 atom stereocenters. The zero-order valence-corrected chi connectivity index (χ0v) is 16.0. The van der Waals surface area contributed by atoms with Crippen LogP contribution in [0.4, 0.5) is 0 Å². The molecule has 2 rings (SSSR count). The quantitative estimate of drug-likeness (QED) is 0.694. The van der Waals surface area contributed by atoms with Crippen LogP contribution in [0.15, 0.2) is 36.5 Å². The lowest BCUT2D eigenvalue weighted by Gasteiger charge is -2.18. The van der Waals surface area contributed by atoms with Gasteiger partial charge in [0.2, 0.25) is 0 Å². The molecule has 26 heavy (non-hydrogen) atoms. The molecule has 0 spiro atoms. The zero-order chi connectivity index (χ0) is 18.9. The van der Waals surface area contributed by atoms with E-state index in [0.29, 0.717) is 6.54 Å². The molecule has 0 aliphatic rings. The van der Waals surface area contributed by atoms with Crippen LogP contribution in [-0.2, 0) is 22.7 Å². The number of hydrogen-bond donors (Lipinski definition) is 1. The summed E-state index contributed by atoms with van der Waals surface area (Å²) in [7, 11) is 1.66. The van der Waals surface area contributed by atoms with Gasteiger partial charge in [-0.2, -0.15) is 0 Å². The van der Waals surface area contributed by atoms with Crippen molar-refractivity contribution in [2.75, 3.05) is 7.11 Å². The average molecular weight is 356 g/mol. The summed E-state index contributed by atoms with van der Waals surface area (Å²) in [5, 5.41) is 3.29. The van der Waals surface area contributed by atoms with E-state index in [1.165, 1.54) is 0 Å². The van der Waals surface area contributed by atoms with E-state index in [1.54, 1.807) is 13.3 Å². The summed E-state index contributed by atoms with van der Waals surface area (Å²) in [6.45, 7) is 6.79. The Morgan fingerprint density at radius 3 is 2.62 bits per heavy atom. The van der Waals surface area contributed by atoms with E-state index >= 15 is 0 Å². The Bertz CT molecular complexity index is 717. The second-order valence-corrected chi connectivity index (χ2v) is 6.36. The summed E-state index contributed by atoms with van der Waals surface area (Å²) in [5.41, 5.74) is 3.86. The maximum Gasteiger partial charge on any atom is 0.323 e. The summed E-state index contributed by atoms with van der Waals surface area (Å²) in [6, 6.07) is 9.35. The van der Waals surface area contributed by atoms with Gasteiger partial charge in [-0.3, -0.25) is 15.1 Å². The van der Waals surface area contributed by atoms with E-state index in [4.69, 9.17) is 9.47 Å². The number of hydrogen-bond acceptors (Lipinski definition) is 5. The normalized spacial score (nSPS) is 11.8. The van der Waals surface area contributed by atoms with E-state index in [-0.39, 0.29) is 18.6 Å². The zero-order valence-electron chi connectivity index (χ0n) is 16.0. The largest absolute Gasteiger partial charge is 0.496 e. The Balaban J connectivity index is 1.98. The fraction of sp³-hybridized carbons (Fsp3) is 0.429. The molecule has 1 aromatic heterocycles. The first-order chi connectivity index (χ1) is 12.6. The first-order valence-electron chi connectivity index (χ1n) is 8.99. The number of ether oxygens (including phenoxy) is 2. The van der Waals surface area contributed by atoms with Crippen molar-refractivity contribution in [3.8, 4) is 5.75 Å². The van der Waals surface area contributed by atoms with Gasteiger partial charge in [-0.15, -0.1) is 0 Å². The molecule has 0 radical (unpaired) electrons. The summed E-state index contributed by atoms with van der Waals surface area (Å²) in [6.07, 6.45) is 3.41. The smallest absolute Gasteiger partial charge is 0.323 e. The van der Waals surface area contributed by atoms with E-state index < -0.39 is 0 Å². The molecule has 0 bridgehead atoms. The number of benzene rings is 1. The molecule has 0 saturated heterocycles. The molecule has 0 aliphatic heterocycles. The number of rotatable bonds is 9. The predicted molar refractivity (Wildman–Crippen MR) is 102 cm³/mol. The van der Waals surface area contributed by atoms with Crippen molar-refractivity contribution >= 4 is 5.97 Å². The SMILES string of the molecule is CCC[C@@H](NCc1ncc(C)c(OC)c1C)C(=O)OCc1ccccc1. The van der Waals surface area contributed by atoms with E-state index in [9.17, 15) is 4.79 Å². The molecule has 1 aromatic carbocycles. The van der Waals surface area contributed by atoms with E-state index in [0.717, 1.165) is 41.0 Å². The van der Waals surface area contributed by atoms with Crippen molar-refractivity contribution in [3.63, 3.8) is 0 Å². The minimum atomic E-state index is -0.350. The first-order valence-corrected chi connectivity index (χ1v) is 8.99. The van der Waals surface area contributed by atoms with Gasteiger partial charge >= 0.3 is 5.97 Å². The molecule has 0 fully saturated rings. The fourth-order valence-electron chi connectivity index (χ4n) is 2.89. The molecule has 5 nitrogen and oxygen atoms in total. The molecule has 0 unspecified atom stereocenters. The lowest BCUT2D eigenvalue weighted by Crippen LogP contribution is -2.37. The standard InChI is InChI=1S/C21H28N2O3/c1-5-9-18(21(24)26-14-17-10-7-6-8-11-17)23-13-19-16(3)20(25-4)15(2)12-22-19/h6-8,10-12,18,23H,5,9,13-14H2,1-4H3/t18-/m1/s1. The summed E-state index contributed by atoms with van der Waals surface area (Å²) < 4.78 is 10.9. The maximum absolute atomic E-state index is 12.5. The van der Waals surface area contributed by atoms with Crippen molar-refractivity contribution in [1.29, 1.82) is 0 Å². The molecule has 0 saturated carbocycles. The van der Waals surface area contributed by atoms with Crippen molar-refractivity contribution < 1.29 is 14.3 Å². The first kappa shape index (κ1) is 19.9. The average Bonchev–Trinajstić information content (AvgIpc) is 2.65. The number of methoxy groups -OCH3 is 1. The second kappa shape index (κ2) is 9.92. The number of nitrogens with one attached hydrogen (secondary N) is 1. The number of nitrogens with zero attached hydrogens (tertiary/aromatic N) is 1. The Morgan fingerprint density at radius 1 is 1.23 bits per heavy atom. The molecule has 1 N–H and O–H groups in total. The highest BCUT2D eigenvalue weighted by Gasteiger charge is 2.20. The van der Waals surface area contributed by atoms with Crippen molar-refractivity contribution in [3.05, 3.63) is 58.9 Å². The number of aromatic nitrogens is 1. The number of carbonyl (C=O) groups is 1. The predicted octanol–water partition coefficient (Wildman–Crippen LogP) is 3.71. The summed E-state index contributed by atoms with van der Waals surface area (Å²) in [4.78, 5) is 16.9. The Labute approximate surface area is 155 Å². The van der Waals surface area contributed by atoms with Gasteiger partial charge in [0, 0.05) is 23.9 Å². The molecule has 1 heterocycles. The summed E-state index contributed by atoms with van der Waals surface area (Å²) >= 11 is 0. The molecule has 140 valence electrons. The highest BCUT2D eigenvalue weighted by atomic mass is 16.5. The van der Waals surface area contributed by atoms with Gasteiger partial charge in [0.15, 0.2) is 0 Å². The van der Waals surface area contributed by atoms with Crippen LogP contribution in [0.3, 0.4) is 0 Å². The number of esters is 1. The third kappa shape index (κ3) is 5.30. The van der Waals surface area contributed by atoms with Crippen molar-refractivity contribution in [2.45, 2.75) is 52.8 Å². The van der Waals surface area contributed by atoms with E-state index in [2.05, 4.69) is 17.2 Å². The van der Waals surface area contributed by atoms with Gasteiger partial charge in [-0.25, -0.2) is 0 Å². The number of pyridine rings is 1. The van der Waals surface area contributed by atoms with Crippen LogP contribution in [0.25, 0.3) is 0 Å². The van der Waals surface area contributed by atoms with Crippen LogP contribution < -0.4 is 10.1 Å². The number of carbonyl (C=O) groups excluding carboxylic acids is 1. The summed E-state index contributed by atoms with van der Waals surface area (Å²) in [5.74, 6) is 0.614. The van der Waals surface area contributed by atoms with Gasteiger partial charge in [-0.1, -0.05) is 43.7 Å². The van der Waals surface area contributed by atoms with Gasteiger partial charge in [0.1, 0.15) is 18.4 Å². The maximum atomic E-state index is 12.5. The van der Waals surface area contributed by atoms with Crippen LogP contribution in [0.5, 0.6) is 5.75 Å². The minimum absolute atomic E-state index is 0.229. The monoisotopic (exact) mass is 356 g/mol. The Kier molecular flexibility index (Phi) is 7.60. The molecule has 0 aliphatic carbocycles. The Morgan fingerprint density at radius 2 is 1.96 bits per heavy atom. The van der Waals surface area contributed by atoms with Crippen LogP contribution in [0, 0.1) is 13.8 Å². The lowest BCUT2D eigenvalue weighted by molar-refractivity contribution is -0.147. The highest BCUT2D eigenvalue weighted by Crippen LogP contribution is 2.24. The molecule has 0 amide bonds. The molecular weight excluding hydrogens is 328 g/mol. The van der Waals surface area contributed by atoms with Crippen LogP contribution in [0.1, 0.15) is 42.1 Å².